The van der Waals surface area contributed by atoms with Crippen molar-refractivity contribution in [3.05, 3.63) is 25.0 Å². The molecule has 13 nitrogen and oxygen atoms in total. The quantitative estimate of drug-likeness (QED) is 0.0453. The van der Waals surface area contributed by atoms with Crippen molar-refractivity contribution in [3.8, 4) is 0 Å². The summed E-state index contributed by atoms with van der Waals surface area (Å²) in [6.07, 6.45) is 1.39. The lowest BCUT2D eigenvalue weighted by Crippen LogP contribution is -2.15. The second-order valence-corrected chi connectivity index (χ2v) is 8.08. The van der Waals surface area contributed by atoms with Crippen LogP contribution in [0.4, 0.5) is 0 Å². The highest BCUT2D eigenvalue weighted by atomic mass is 16.6. The fourth-order valence-electron chi connectivity index (χ4n) is 2.59. The van der Waals surface area contributed by atoms with Crippen molar-refractivity contribution in [3.63, 3.8) is 0 Å². The Kier molecular flexibility index (Phi) is 33.2. The van der Waals surface area contributed by atoms with Gasteiger partial charge in [0.05, 0.1) is 138 Å². The van der Waals surface area contributed by atoms with E-state index in [2.05, 4.69) is 13.2 Å². The Bertz CT molecular complexity index is 577. The number of esters is 1. The number of hydrogen-bond acceptors (Lipinski definition) is 13. The van der Waals surface area contributed by atoms with E-state index in [4.69, 9.17) is 56.8 Å². The summed E-state index contributed by atoms with van der Waals surface area (Å²) in [4.78, 5) is 11.2. The first kappa shape index (κ1) is 39.4. The van der Waals surface area contributed by atoms with Crippen molar-refractivity contribution in [2.24, 2.45) is 0 Å². The second kappa shape index (κ2) is 34.6. The van der Waals surface area contributed by atoms with Crippen LogP contribution in [0.15, 0.2) is 25.0 Å². The van der Waals surface area contributed by atoms with E-state index in [1.807, 2.05) is 0 Å². The standard InChI is InChI=1S/C28H52O13/c1-4-30-5-6-31-7-8-32-9-10-33-11-12-34-13-14-35-15-16-36-17-18-37-19-20-38-21-22-39-23-24-40-25-26-41-28(29)27(2)3/h4H,1-2,5-26H2,3H3. The molecule has 13 heteroatoms. The summed E-state index contributed by atoms with van der Waals surface area (Å²) in [5.41, 5.74) is 0.370. The topological polar surface area (TPSA) is 128 Å². The van der Waals surface area contributed by atoms with Crippen LogP contribution < -0.4 is 0 Å². The predicted octanol–water partition coefficient (Wildman–Crippen LogP) is 1.43. The van der Waals surface area contributed by atoms with Gasteiger partial charge in [-0.2, -0.15) is 0 Å². The summed E-state index contributed by atoms with van der Waals surface area (Å²) in [6.45, 7) is 19.0. The van der Waals surface area contributed by atoms with Crippen molar-refractivity contribution >= 4 is 5.97 Å². The molecule has 0 aliphatic rings. The molecule has 0 aliphatic heterocycles. The zero-order valence-corrected chi connectivity index (χ0v) is 24.9. The lowest BCUT2D eigenvalue weighted by molar-refractivity contribution is -0.140. The molecule has 0 heterocycles. The molecular formula is C28H52O13. The van der Waals surface area contributed by atoms with Gasteiger partial charge in [0.1, 0.15) is 13.2 Å². The molecule has 0 radical (unpaired) electrons. The molecule has 0 N–H and O–H groups in total. The van der Waals surface area contributed by atoms with Crippen LogP contribution in [-0.2, 0) is 61.6 Å². The molecule has 0 aromatic heterocycles. The van der Waals surface area contributed by atoms with Gasteiger partial charge in [-0.1, -0.05) is 13.2 Å². The Hall–Kier alpha value is -1.65. The van der Waals surface area contributed by atoms with Crippen molar-refractivity contribution in [2.45, 2.75) is 6.92 Å². The summed E-state index contributed by atoms with van der Waals surface area (Å²) in [5, 5.41) is 0. The number of carbonyl (C=O) groups is 1. The smallest absolute Gasteiger partial charge is 0.333 e. The Morgan fingerprint density at radius 1 is 0.439 bits per heavy atom. The van der Waals surface area contributed by atoms with Gasteiger partial charge in [-0.05, 0) is 6.92 Å². The highest BCUT2D eigenvalue weighted by molar-refractivity contribution is 5.86. The van der Waals surface area contributed by atoms with E-state index in [-0.39, 0.29) is 6.61 Å². The summed E-state index contributed by atoms with van der Waals surface area (Å²) in [6, 6.07) is 0. The lowest BCUT2D eigenvalue weighted by atomic mass is 10.4. The third kappa shape index (κ3) is 34.5. The maximum absolute atomic E-state index is 11.2. The van der Waals surface area contributed by atoms with Crippen LogP contribution in [0, 0.1) is 0 Å². The lowest BCUT2D eigenvalue weighted by Gasteiger charge is -2.09. The number of ether oxygens (including phenoxy) is 12. The van der Waals surface area contributed by atoms with Gasteiger partial charge in [-0.15, -0.1) is 0 Å². The first-order chi connectivity index (χ1) is 20.2. The Labute approximate surface area is 245 Å². The maximum atomic E-state index is 11.2. The van der Waals surface area contributed by atoms with Crippen LogP contribution in [0.3, 0.4) is 0 Å². The number of carbonyl (C=O) groups excluding carboxylic acids is 1. The molecule has 0 atom stereocenters. The van der Waals surface area contributed by atoms with Crippen molar-refractivity contribution in [2.75, 3.05) is 145 Å². The maximum Gasteiger partial charge on any atom is 0.333 e. The monoisotopic (exact) mass is 596 g/mol. The molecule has 0 aromatic carbocycles. The van der Waals surface area contributed by atoms with Crippen LogP contribution in [0.5, 0.6) is 0 Å². The van der Waals surface area contributed by atoms with Gasteiger partial charge in [-0.25, -0.2) is 4.79 Å². The Balaban J connectivity index is 3.06. The zero-order valence-electron chi connectivity index (χ0n) is 24.9. The summed E-state index contributed by atoms with van der Waals surface area (Å²) in [7, 11) is 0. The minimum absolute atomic E-state index is 0.199. The van der Waals surface area contributed by atoms with Crippen molar-refractivity contribution in [1.82, 2.24) is 0 Å². The molecule has 0 aromatic rings. The van der Waals surface area contributed by atoms with Gasteiger partial charge in [-0.3, -0.25) is 0 Å². The van der Waals surface area contributed by atoms with E-state index in [0.717, 1.165) is 0 Å². The minimum Gasteiger partial charge on any atom is -0.499 e. The van der Waals surface area contributed by atoms with Crippen LogP contribution >= 0.6 is 0 Å². The number of rotatable bonds is 35. The van der Waals surface area contributed by atoms with E-state index in [1.165, 1.54) is 6.26 Å². The van der Waals surface area contributed by atoms with Crippen LogP contribution in [0.2, 0.25) is 0 Å². The molecule has 0 saturated heterocycles. The predicted molar refractivity (Wildman–Crippen MR) is 150 cm³/mol. The third-order valence-corrected chi connectivity index (χ3v) is 4.62. The molecule has 0 fully saturated rings. The molecule has 0 amide bonds. The van der Waals surface area contributed by atoms with Gasteiger partial charge >= 0.3 is 5.97 Å². The fraction of sp³-hybridized carbons (Fsp3) is 0.821. The second-order valence-electron chi connectivity index (χ2n) is 8.08. The minimum atomic E-state index is -0.413. The third-order valence-electron chi connectivity index (χ3n) is 4.62. The molecule has 0 rings (SSSR count). The first-order valence-corrected chi connectivity index (χ1v) is 14.0. The summed E-state index contributed by atoms with van der Waals surface area (Å²) < 4.78 is 63.9. The average Bonchev–Trinajstić information content (AvgIpc) is 2.97. The molecular weight excluding hydrogens is 544 g/mol. The van der Waals surface area contributed by atoms with E-state index < -0.39 is 5.97 Å². The highest BCUT2D eigenvalue weighted by Crippen LogP contribution is 1.92. The molecule has 0 saturated carbocycles. The molecule has 0 spiro atoms. The fourth-order valence-corrected chi connectivity index (χ4v) is 2.59. The number of hydrogen-bond donors (Lipinski definition) is 0. The van der Waals surface area contributed by atoms with Crippen LogP contribution in [-0.4, -0.2) is 151 Å². The van der Waals surface area contributed by atoms with Gasteiger partial charge < -0.3 is 56.8 Å². The Morgan fingerprint density at radius 3 is 0.878 bits per heavy atom. The first-order valence-electron chi connectivity index (χ1n) is 14.0. The zero-order chi connectivity index (χ0) is 29.9. The van der Waals surface area contributed by atoms with Gasteiger partial charge in [0.15, 0.2) is 0 Å². The van der Waals surface area contributed by atoms with E-state index in [0.29, 0.717) is 144 Å². The van der Waals surface area contributed by atoms with Gasteiger partial charge in [0.25, 0.3) is 0 Å². The van der Waals surface area contributed by atoms with Gasteiger partial charge in [0.2, 0.25) is 0 Å². The van der Waals surface area contributed by atoms with Gasteiger partial charge in [0, 0.05) is 5.57 Å². The molecule has 0 bridgehead atoms. The molecule has 242 valence electrons. The van der Waals surface area contributed by atoms with Crippen LogP contribution in [0.25, 0.3) is 0 Å². The average molecular weight is 597 g/mol. The molecule has 0 unspecified atom stereocenters. The Morgan fingerprint density at radius 2 is 0.659 bits per heavy atom. The van der Waals surface area contributed by atoms with Crippen LogP contribution in [0.1, 0.15) is 6.92 Å². The van der Waals surface area contributed by atoms with E-state index in [1.54, 1.807) is 6.92 Å². The highest BCUT2D eigenvalue weighted by Gasteiger charge is 2.02. The van der Waals surface area contributed by atoms with E-state index >= 15 is 0 Å². The molecule has 0 aliphatic carbocycles. The summed E-state index contributed by atoms with van der Waals surface area (Å²) >= 11 is 0. The van der Waals surface area contributed by atoms with Crippen molar-refractivity contribution < 1.29 is 61.6 Å². The normalized spacial score (nSPS) is 11.0. The largest absolute Gasteiger partial charge is 0.499 e. The molecule has 41 heavy (non-hydrogen) atoms. The van der Waals surface area contributed by atoms with E-state index in [9.17, 15) is 4.79 Å². The summed E-state index contributed by atoms with van der Waals surface area (Å²) in [5.74, 6) is -0.413. The van der Waals surface area contributed by atoms with Crippen molar-refractivity contribution in [1.29, 1.82) is 0 Å². The SMILES string of the molecule is C=COCCOCCOCCOCCOCCOCCOCCOCCOCCOCCOCCOC(=O)C(=C)C.